The number of amides is 2. The number of nitrogens with one attached hydrogen (secondary N) is 2. The third-order valence-electron chi connectivity index (χ3n) is 5.59. The van der Waals surface area contributed by atoms with E-state index in [9.17, 15) is 9.59 Å². The zero-order chi connectivity index (χ0) is 22.6. The van der Waals surface area contributed by atoms with E-state index in [2.05, 4.69) is 50.2 Å². The molecule has 1 aromatic heterocycles. The highest BCUT2D eigenvalue weighted by Gasteiger charge is 2.29. The number of rotatable bonds is 7. The van der Waals surface area contributed by atoms with Crippen LogP contribution < -0.4 is 5.32 Å². The Hall–Kier alpha value is -2.19. The Kier molecular flexibility index (Phi) is 7.54. The van der Waals surface area contributed by atoms with Crippen molar-refractivity contribution in [2.75, 3.05) is 40.3 Å². The summed E-state index contributed by atoms with van der Waals surface area (Å²) in [6.45, 7) is 7.01. The van der Waals surface area contributed by atoms with Gasteiger partial charge in [-0.15, -0.1) is 0 Å². The summed E-state index contributed by atoms with van der Waals surface area (Å²) in [7, 11) is 4.08. The Balaban J connectivity index is 1.51. The van der Waals surface area contributed by atoms with Gasteiger partial charge in [0, 0.05) is 42.1 Å². The number of carbonyl (C=O) groups is 2. The third kappa shape index (κ3) is 6.40. The van der Waals surface area contributed by atoms with Gasteiger partial charge in [0.15, 0.2) is 0 Å². The van der Waals surface area contributed by atoms with Crippen LogP contribution in [0.5, 0.6) is 0 Å². The maximum Gasteiger partial charge on any atom is 0.271 e. The fourth-order valence-corrected chi connectivity index (χ4v) is 4.36. The number of likely N-dealkylation sites (tertiary alicyclic amines) is 1. The van der Waals surface area contributed by atoms with Gasteiger partial charge in [-0.05, 0) is 50.6 Å². The molecule has 0 spiro atoms. The molecule has 0 atom stereocenters. The van der Waals surface area contributed by atoms with E-state index >= 15 is 0 Å². The second-order valence-corrected chi connectivity index (χ2v) is 10.3. The number of halogens is 1. The molecule has 1 aliphatic heterocycles. The largest absolute Gasteiger partial charge is 0.355 e. The lowest BCUT2D eigenvalue weighted by atomic mass is 9.91. The lowest BCUT2D eigenvalue weighted by Crippen LogP contribution is -2.46. The van der Waals surface area contributed by atoms with Crippen molar-refractivity contribution in [1.29, 1.82) is 0 Å². The Morgan fingerprint density at radius 3 is 2.48 bits per heavy atom. The molecule has 168 valence electrons. The first-order valence-electron chi connectivity index (χ1n) is 10.7. The average Bonchev–Trinajstić information content (AvgIpc) is 3.21. The van der Waals surface area contributed by atoms with Crippen molar-refractivity contribution in [1.82, 2.24) is 25.3 Å². The number of nitrogens with zero attached hydrogens (tertiary/aromatic N) is 3. The lowest BCUT2D eigenvalue weighted by molar-refractivity contribution is -0.126. The molecule has 7 nitrogen and oxygen atoms in total. The molecule has 1 aliphatic rings. The molecule has 2 amide bonds. The third-order valence-corrected chi connectivity index (χ3v) is 6.12. The topological polar surface area (TPSA) is 81.3 Å². The minimum atomic E-state index is -0.0677. The van der Waals surface area contributed by atoms with E-state index in [1.165, 1.54) is 0 Å². The number of piperidine rings is 1. The summed E-state index contributed by atoms with van der Waals surface area (Å²) in [5.41, 5.74) is 2.19. The predicted molar refractivity (Wildman–Crippen MR) is 126 cm³/mol. The molecule has 0 saturated carbocycles. The van der Waals surface area contributed by atoms with Crippen molar-refractivity contribution >= 4 is 27.7 Å². The van der Waals surface area contributed by atoms with Crippen molar-refractivity contribution < 1.29 is 9.59 Å². The van der Waals surface area contributed by atoms with Gasteiger partial charge in [0.25, 0.3) is 5.91 Å². The van der Waals surface area contributed by atoms with Crippen LogP contribution in [0.25, 0.3) is 11.3 Å². The van der Waals surface area contributed by atoms with Crippen LogP contribution in [0.2, 0.25) is 0 Å². The van der Waals surface area contributed by atoms with Gasteiger partial charge in [0.05, 0.1) is 5.69 Å². The summed E-state index contributed by atoms with van der Waals surface area (Å²) in [6.07, 6.45) is 1.36. The van der Waals surface area contributed by atoms with Gasteiger partial charge in [-0.25, -0.2) is 0 Å². The molecule has 2 N–H and O–H groups in total. The number of H-pyrrole nitrogens is 1. The molecule has 2 aromatic rings. The van der Waals surface area contributed by atoms with Gasteiger partial charge in [-0.2, -0.15) is 5.10 Å². The van der Waals surface area contributed by atoms with Crippen molar-refractivity contribution in [3.05, 3.63) is 40.5 Å². The van der Waals surface area contributed by atoms with Crippen molar-refractivity contribution in [3.63, 3.8) is 0 Å². The first-order chi connectivity index (χ1) is 14.6. The molecule has 1 aromatic carbocycles. The summed E-state index contributed by atoms with van der Waals surface area (Å²) >= 11 is 3.42. The molecule has 0 radical (unpaired) electrons. The summed E-state index contributed by atoms with van der Waals surface area (Å²) in [5, 5.41) is 10.3. The first-order valence-corrected chi connectivity index (χ1v) is 11.5. The molecule has 8 heteroatoms. The average molecular weight is 490 g/mol. The van der Waals surface area contributed by atoms with Gasteiger partial charge < -0.3 is 15.1 Å². The van der Waals surface area contributed by atoms with Gasteiger partial charge in [0.2, 0.25) is 5.91 Å². The first kappa shape index (κ1) is 23.5. The SMILES string of the molecule is CN(C)CC(C)(C)CNC(=O)C1CCN(C(=O)c2cc(-c3ccc(Br)cc3)n[nH]2)CC1. The minimum absolute atomic E-state index is 0.0169. The van der Waals surface area contributed by atoms with Crippen molar-refractivity contribution in [2.24, 2.45) is 11.3 Å². The molecule has 3 rings (SSSR count). The van der Waals surface area contributed by atoms with Crippen LogP contribution in [0.3, 0.4) is 0 Å². The second kappa shape index (κ2) is 9.96. The van der Waals surface area contributed by atoms with E-state index in [0.717, 1.165) is 22.3 Å². The summed E-state index contributed by atoms with van der Waals surface area (Å²) in [5.74, 6) is -0.0147. The van der Waals surface area contributed by atoms with Crippen LogP contribution in [0.15, 0.2) is 34.8 Å². The van der Waals surface area contributed by atoms with E-state index in [1.54, 1.807) is 11.0 Å². The van der Waals surface area contributed by atoms with Crippen LogP contribution in [0.4, 0.5) is 0 Å². The zero-order valence-electron chi connectivity index (χ0n) is 18.7. The minimum Gasteiger partial charge on any atom is -0.355 e. The highest BCUT2D eigenvalue weighted by Crippen LogP contribution is 2.23. The van der Waals surface area contributed by atoms with E-state index in [4.69, 9.17) is 0 Å². The molecule has 1 saturated heterocycles. The predicted octanol–water partition coefficient (Wildman–Crippen LogP) is 3.40. The van der Waals surface area contributed by atoms with Gasteiger partial charge in [0.1, 0.15) is 5.69 Å². The number of benzene rings is 1. The van der Waals surface area contributed by atoms with Gasteiger partial charge >= 0.3 is 0 Å². The van der Waals surface area contributed by atoms with E-state index in [-0.39, 0.29) is 23.1 Å². The van der Waals surface area contributed by atoms with Crippen LogP contribution in [0.1, 0.15) is 37.2 Å². The molecule has 2 heterocycles. The Labute approximate surface area is 192 Å². The van der Waals surface area contributed by atoms with Crippen molar-refractivity contribution in [3.8, 4) is 11.3 Å². The standard InChI is InChI=1S/C23H32BrN5O2/c1-23(2,15-28(3)4)14-25-21(30)17-9-11-29(12-10-17)22(31)20-13-19(26-27-20)16-5-7-18(24)8-6-16/h5-8,13,17H,9-12,14-15H2,1-4H3,(H,25,30)(H,26,27). The number of carbonyl (C=O) groups excluding carboxylic acids is 2. The number of hydrogen-bond donors (Lipinski definition) is 2. The second-order valence-electron chi connectivity index (χ2n) is 9.36. The lowest BCUT2D eigenvalue weighted by Gasteiger charge is -2.33. The summed E-state index contributed by atoms with van der Waals surface area (Å²) in [4.78, 5) is 29.4. The molecular weight excluding hydrogens is 458 g/mol. The quantitative estimate of drug-likeness (QED) is 0.624. The molecule has 1 fully saturated rings. The molecule has 0 bridgehead atoms. The highest BCUT2D eigenvalue weighted by atomic mass is 79.9. The Morgan fingerprint density at radius 2 is 1.87 bits per heavy atom. The van der Waals surface area contributed by atoms with E-state index in [0.29, 0.717) is 38.2 Å². The maximum absolute atomic E-state index is 12.9. The highest BCUT2D eigenvalue weighted by molar-refractivity contribution is 9.10. The van der Waals surface area contributed by atoms with Crippen molar-refractivity contribution in [2.45, 2.75) is 26.7 Å². The van der Waals surface area contributed by atoms with Crippen LogP contribution in [-0.2, 0) is 4.79 Å². The molecule has 0 aliphatic carbocycles. The maximum atomic E-state index is 12.9. The smallest absolute Gasteiger partial charge is 0.271 e. The fourth-order valence-electron chi connectivity index (χ4n) is 4.10. The van der Waals surface area contributed by atoms with Crippen LogP contribution in [0, 0.1) is 11.3 Å². The zero-order valence-corrected chi connectivity index (χ0v) is 20.3. The number of aromatic nitrogens is 2. The number of hydrogen-bond acceptors (Lipinski definition) is 4. The Bertz CT molecular complexity index is 899. The monoisotopic (exact) mass is 489 g/mol. The van der Waals surface area contributed by atoms with E-state index in [1.807, 2.05) is 38.4 Å². The van der Waals surface area contributed by atoms with Gasteiger partial charge in [-0.3, -0.25) is 14.7 Å². The van der Waals surface area contributed by atoms with Crippen LogP contribution in [-0.4, -0.2) is 72.1 Å². The van der Waals surface area contributed by atoms with Crippen LogP contribution >= 0.6 is 15.9 Å². The van der Waals surface area contributed by atoms with Gasteiger partial charge in [-0.1, -0.05) is 41.9 Å². The Morgan fingerprint density at radius 1 is 1.23 bits per heavy atom. The fraction of sp³-hybridized carbons (Fsp3) is 0.522. The van der Waals surface area contributed by atoms with E-state index < -0.39 is 0 Å². The molecular formula is C23H32BrN5O2. The normalized spacial score (nSPS) is 15.4. The molecule has 0 unspecified atom stereocenters. The number of aromatic amines is 1. The summed E-state index contributed by atoms with van der Waals surface area (Å²) < 4.78 is 0.997. The summed E-state index contributed by atoms with van der Waals surface area (Å²) in [6, 6.07) is 9.60. The molecule has 31 heavy (non-hydrogen) atoms.